The molecule has 80 valence electrons. The predicted octanol–water partition coefficient (Wildman–Crippen LogP) is 3.45. The minimum absolute atomic E-state index is 0.681. The van der Waals surface area contributed by atoms with Crippen LogP contribution in [0.2, 0.25) is 0 Å². The maximum absolute atomic E-state index is 8.88. The molecule has 0 radical (unpaired) electrons. The van der Waals surface area contributed by atoms with Gasteiger partial charge in [-0.05, 0) is 57.9 Å². The Morgan fingerprint density at radius 2 is 1.41 bits per heavy atom. The van der Waals surface area contributed by atoms with Crippen LogP contribution < -0.4 is 5.73 Å². The number of fused-ring (bicyclic) bond motifs is 2. The lowest BCUT2D eigenvalue weighted by molar-refractivity contribution is 1.50. The van der Waals surface area contributed by atoms with E-state index in [-0.39, 0.29) is 0 Å². The molecule has 0 aliphatic carbocycles. The molecule has 0 fully saturated rings. The molecule has 0 atom stereocenters. The van der Waals surface area contributed by atoms with Crippen LogP contribution in [0.5, 0.6) is 0 Å². The average Bonchev–Trinajstić information content (AvgIpc) is 2.35. The van der Waals surface area contributed by atoms with E-state index >= 15 is 0 Å². The first kappa shape index (κ1) is 9.68. The third kappa shape index (κ3) is 1.58. The van der Waals surface area contributed by atoms with Gasteiger partial charge < -0.3 is 5.73 Å². The molecule has 0 aliphatic rings. The van der Waals surface area contributed by atoms with Crippen molar-refractivity contribution in [1.82, 2.24) is 0 Å². The summed E-state index contributed by atoms with van der Waals surface area (Å²) >= 11 is 0. The molecule has 0 aromatic heterocycles. The summed E-state index contributed by atoms with van der Waals surface area (Å²) < 4.78 is 0. The van der Waals surface area contributed by atoms with Crippen molar-refractivity contribution in [3.8, 4) is 6.07 Å². The van der Waals surface area contributed by atoms with Crippen molar-refractivity contribution >= 4 is 27.2 Å². The largest absolute Gasteiger partial charge is 0.399 e. The van der Waals surface area contributed by atoms with Crippen molar-refractivity contribution in [2.45, 2.75) is 0 Å². The molecule has 0 unspecified atom stereocenters. The van der Waals surface area contributed by atoms with Crippen LogP contribution in [0.1, 0.15) is 5.56 Å². The van der Waals surface area contributed by atoms with Gasteiger partial charge in [0.2, 0.25) is 0 Å². The molecule has 0 saturated carbocycles. The van der Waals surface area contributed by atoms with Crippen molar-refractivity contribution < 1.29 is 0 Å². The van der Waals surface area contributed by atoms with E-state index in [0.29, 0.717) is 5.56 Å². The molecule has 2 heteroatoms. The first-order chi connectivity index (χ1) is 8.26. The summed E-state index contributed by atoms with van der Waals surface area (Å²) in [6.07, 6.45) is 0. The fourth-order valence-electron chi connectivity index (χ4n) is 2.09. The zero-order valence-corrected chi connectivity index (χ0v) is 9.14. The van der Waals surface area contributed by atoms with Crippen LogP contribution in [-0.2, 0) is 0 Å². The number of nitrogens with zero attached hydrogens (tertiary/aromatic N) is 1. The van der Waals surface area contributed by atoms with E-state index in [0.717, 1.165) is 27.2 Å². The number of nitrogens with two attached hydrogens (primary N) is 1. The lowest BCUT2D eigenvalue weighted by atomic mass is 10.0. The van der Waals surface area contributed by atoms with Gasteiger partial charge in [0.25, 0.3) is 0 Å². The molecular formula is C15H10N2. The third-order valence-electron chi connectivity index (χ3n) is 2.95. The van der Waals surface area contributed by atoms with Crippen LogP contribution in [-0.4, -0.2) is 0 Å². The van der Waals surface area contributed by atoms with Gasteiger partial charge in [-0.15, -0.1) is 0 Å². The van der Waals surface area contributed by atoms with Crippen molar-refractivity contribution in [3.63, 3.8) is 0 Å². The SMILES string of the molecule is N#Cc1ccc2cc3ccc(N)cc3cc2c1. The Kier molecular flexibility index (Phi) is 1.99. The molecule has 0 saturated heterocycles. The quantitative estimate of drug-likeness (QED) is 0.464. The van der Waals surface area contributed by atoms with E-state index in [9.17, 15) is 0 Å². The highest BCUT2D eigenvalue weighted by Gasteiger charge is 2.00. The number of hydrogen-bond acceptors (Lipinski definition) is 2. The minimum Gasteiger partial charge on any atom is -0.399 e. The Balaban J connectivity index is 2.40. The predicted molar refractivity (Wildman–Crippen MR) is 70.6 cm³/mol. The van der Waals surface area contributed by atoms with E-state index in [1.807, 2.05) is 36.4 Å². The summed E-state index contributed by atoms with van der Waals surface area (Å²) in [6, 6.07) is 17.9. The molecule has 3 aromatic carbocycles. The van der Waals surface area contributed by atoms with Gasteiger partial charge in [-0.2, -0.15) is 5.26 Å². The topological polar surface area (TPSA) is 49.8 Å². The Bertz CT molecular complexity index is 767. The van der Waals surface area contributed by atoms with Gasteiger partial charge in [-0.1, -0.05) is 12.1 Å². The average molecular weight is 218 g/mol. The van der Waals surface area contributed by atoms with Gasteiger partial charge in [-0.3, -0.25) is 0 Å². The van der Waals surface area contributed by atoms with Crippen LogP contribution >= 0.6 is 0 Å². The Morgan fingerprint density at radius 3 is 2.18 bits per heavy atom. The van der Waals surface area contributed by atoms with Gasteiger partial charge in [0, 0.05) is 5.69 Å². The van der Waals surface area contributed by atoms with E-state index in [2.05, 4.69) is 18.2 Å². The molecule has 3 rings (SSSR count). The molecule has 3 aromatic rings. The van der Waals surface area contributed by atoms with Gasteiger partial charge in [0.15, 0.2) is 0 Å². The van der Waals surface area contributed by atoms with E-state index < -0.39 is 0 Å². The standard InChI is InChI=1S/C15H10N2/c16-9-10-1-2-11-6-12-3-4-15(17)8-14(12)7-13(11)5-10/h1-8H,17H2. The summed E-state index contributed by atoms with van der Waals surface area (Å²) in [5, 5.41) is 13.4. The van der Waals surface area contributed by atoms with Gasteiger partial charge in [0.05, 0.1) is 11.6 Å². The number of hydrogen-bond donors (Lipinski definition) is 1. The van der Waals surface area contributed by atoms with Gasteiger partial charge >= 0.3 is 0 Å². The summed E-state index contributed by atoms with van der Waals surface area (Å²) in [5.41, 5.74) is 7.21. The lowest BCUT2D eigenvalue weighted by Crippen LogP contribution is -1.84. The van der Waals surface area contributed by atoms with Crippen LogP contribution in [0, 0.1) is 11.3 Å². The van der Waals surface area contributed by atoms with E-state index in [1.165, 1.54) is 0 Å². The van der Waals surface area contributed by atoms with Crippen molar-refractivity contribution in [1.29, 1.82) is 5.26 Å². The zero-order valence-electron chi connectivity index (χ0n) is 9.14. The zero-order chi connectivity index (χ0) is 11.8. The highest BCUT2D eigenvalue weighted by Crippen LogP contribution is 2.25. The second-order valence-corrected chi connectivity index (χ2v) is 4.13. The molecular weight excluding hydrogens is 208 g/mol. The fourth-order valence-corrected chi connectivity index (χ4v) is 2.09. The monoisotopic (exact) mass is 218 g/mol. The van der Waals surface area contributed by atoms with Gasteiger partial charge in [-0.25, -0.2) is 0 Å². The van der Waals surface area contributed by atoms with Crippen molar-refractivity contribution in [3.05, 3.63) is 54.1 Å². The van der Waals surface area contributed by atoms with Crippen LogP contribution in [0.3, 0.4) is 0 Å². The first-order valence-electron chi connectivity index (χ1n) is 5.39. The van der Waals surface area contributed by atoms with Crippen LogP contribution in [0.4, 0.5) is 5.69 Å². The first-order valence-corrected chi connectivity index (χ1v) is 5.39. The fraction of sp³-hybridized carbons (Fsp3) is 0. The molecule has 17 heavy (non-hydrogen) atoms. The maximum Gasteiger partial charge on any atom is 0.0991 e. The Hall–Kier alpha value is -2.53. The Labute approximate surface area is 98.9 Å². The van der Waals surface area contributed by atoms with Gasteiger partial charge in [0.1, 0.15) is 0 Å². The molecule has 2 nitrogen and oxygen atoms in total. The summed E-state index contributed by atoms with van der Waals surface area (Å²) in [5.74, 6) is 0. The second-order valence-electron chi connectivity index (χ2n) is 4.13. The normalized spacial score (nSPS) is 10.5. The van der Waals surface area contributed by atoms with Crippen molar-refractivity contribution in [2.75, 3.05) is 5.73 Å². The van der Waals surface area contributed by atoms with Crippen molar-refractivity contribution in [2.24, 2.45) is 0 Å². The molecule has 0 aliphatic heterocycles. The molecule has 0 spiro atoms. The third-order valence-corrected chi connectivity index (χ3v) is 2.95. The number of rotatable bonds is 0. The summed E-state index contributed by atoms with van der Waals surface area (Å²) in [4.78, 5) is 0. The van der Waals surface area contributed by atoms with Crippen LogP contribution in [0.25, 0.3) is 21.5 Å². The molecule has 0 bridgehead atoms. The molecule has 0 amide bonds. The highest BCUT2D eigenvalue weighted by atomic mass is 14.5. The number of benzene rings is 3. The minimum atomic E-state index is 0.681. The smallest absolute Gasteiger partial charge is 0.0991 e. The number of anilines is 1. The Morgan fingerprint density at radius 1 is 0.765 bits per heavy atom. The lowest BCUT2D eigenvalue weighted by Gasteiger charge is -2.03. The molecule has 2 N–H and O–H groups in total. The highest BCUT2D eigenvalue weighted by molar-refractivity contribution is 5.99. The summed E-state index contributed by atoms with van der Waals surface area (Å²) in [6.45, 7) is 0. The van der Waals surface area contributed by atoms with Crippen LogP contribution in [0.15, 0.2) is 48.5 Å². The molecule has 0 heterocycles. The number of nitriles is 1. The number of nitrogen functional groups attached to an aromatic ring is 1. The van der Waals surface area contributed by atoms with E-state index in [1.54, 1.807) is 0 Å². The van der Waals surface area contributed by atoms with E-state index in [4.69, 9.17) is 11.0 Å². The summed E-state index contributed by atoms with van der Waals surface area (Å²) in [7, 11) is 0. The second kappa shape index (κ2) is 3.50. The maximum atomic E-state index is 8.88.